The zero-order chi connectivity index (χ0) is 12.8. The number of phenolic OH excluding ortho intramolecular Hbond substituents is 2. The number of fused-ring (bicyclic) bond motifs is 1. The number of Topliss-reactive ketones (excluding diaryl/α,β-unsaturated/α-hetero) is 1. The minimum Gasteiger partial charge on any atom is -0.508 e. The number of aromatic hydroxyl groups is 2. The number of phenols is 2. The molecule has 1 aromatic carbocycles. The van der Waals surface area contributed by atoms with Gasteiger partial charge in [0.05, 0.1) is 5.92 Å². The predicted octanol–water partition coefficient (Wildman–Crippen LogP) is 0.914. The van der Waals surface area contributed by atoms with Crippen molar-refractivity contribution in [3.8, 4) is 17.2 Å². The van der Waals surface area contributed by atoms with Crippen molar-refractivity contribution in [3.05, 3.63) is 17.7 Å². The van der Waals surface area contributed by atoms with E-state index in [2.05, 4.69) is 0 Å². The van der Waals surface area contributed by atoms with Crippen LogP contribution in [-0.2, 0) is 4.79 Å². The van der Waals surface area contributed by atoms with E-state index < -0.39 is 11.5 Å². The fourth-order valence-electron chi connectivity index (χ4n) is 2.29. The van der Waals surface area contributed by atoms with Crippen LogP contribution in [0, 0.1) is 0 Å². The lowest BCUT2D eigenvalue weighted by Gasteiger charge is -2.37. The molecular formula is C12H14O5. The highest BCUT2D eigenvalue weighted by Crippen LogP contribution is 2.46. The van der Waals surface area contributed by atoms with Gasteiger partial charge >= 0.3 is 0 Å². The molecule has 0 spiro atoms. The second-order valence-electron chi connectivity index (χ2n) is 4.57. The van der Waals surface area contributed by atoms with Gasteiger partial charge in [-0.3, -0.25) is 4.79 Å². The molecule has 0 unspecified atom stereocenters. The van der Waals surface area contributed by atoms with Gasteiger partial charge in [-0.25, -0.2) is 0 Å². The molecule has 5 nitrogen and oxygen atoms in total. The van der Waals surface area contributed by atoms with Crippen LogP contribution in [0.4, 0.5) is 0 Å². The molecule has 0 aliphatic carbocycles. The molecule has 0 amide bonds. The molecule has 5 heteroatoms. The lowest BCUT2D eigenvalue weighted by molar-refractivity contribution is -0.127. The Morgan fingerprint density at radius 2 is 2.12 bits per heavy atom. The summed E-state index contributed by atoms with van der Waals surface area (Å²) in [7, 11) is 0. The molecule has 0 saturated heterocycles. The van der Waals surface area contributed by atoms with Gasteiger partial charge in [-0.15, -0.1) is 0 Å². The van der Waals surface area contributed by atoms with E-state index in [1.165, 1.54) is 19.9 Å². The van der Waals surface area contributed by atoms with Crippen LogP contribution in [0.3, 0.4) is 0 Å². The van der Waals surface area contributed by atoms with Crippen LogP contribution in [-0.4, -0.2) is 33.3 Å². The third kappa shape index (κ3) is 1.82. The molecule has 3 N–H and O–H groups in total. The molecule has 2 rings (SSSR count). The van der Waals surface area contributed by atoms with E-state index >= 15 is 0 Å². The minimum absolute atomic E-state index is 0.0808. The molecule has 92 valence electrons. The van der Waals surface area contributed by atoms with Crippen molar-refractivity contribution in [2.45, 2.75) is 25.4 Å². The van der Waals surface area contributed by atoms with E-state index in [0.717, 1.165) is 6.07 Å². The molecule has 1 heterocycles. The molecule has 0 radical (unpaired) electrons. The average molecular weight is 238 g/mol. The highest BCUT2D eigenvalue weighted by molar-refractivity contribution is 5.86. The Morgan fingerprint density at radius 3 is 2.71 bits per heavy atom. The first-order valence-electron chi connectivity index (χ1n) is 5.24. The number of aliphatic hydroxyl groups is 1. The van der Waals surface area contributed by atoms with Crippen LogP contribution in [0.5, 0.6) is 17.2 Å². The van der Waals surface area contributed by atoms with E-state index in [4.69, 9.17) is 4.74 Å². The lowest BCUT2D eigenvalue weighted by atomic mass is 9.79. The molecule has 1 aromatic rings. The Kier molecular flexibility index (Phi) is 2.50. The van der Waals surface area contributed by atoms with Crippen molar-refractivity contribution < 1.29 is 24.9 Å². The predicted molar refractivity (Wildman–Crippen MR) is 59.3 cm³/mol. The molecular weight excluding hydrogens is 224 g/mol. The number of hydrogen-bond donors (Lipinski definition) is 3. The van der Waals surface area contributed by atoms with Crippen molar-refractivity contribution >= 4 is 5.78 Å². The normalized spacial score (nSPS) is 27.1. The van der Waals surface area contributed by atoms with Crippen molar-refractivity contribution in [2.75, 3.05) is 6.61 Å². The van der Waals surface area contributed by atoms with Crippen LogP contribution in [0.2, 0.25) is 0 Å². The first-order chi connectivity index (χ1) is 7.83. The standard InChI is InChI=1S/C12H14O5/c1-6(13)10-8-3-7(14)4-9(15)11(8)17-5-12(10,2)16/h3-4,10,14-16H,5H2,1-2H3/t10-,12+/m0/s1. The number of rotatable bonds is 1. The monoisotopic (exact) mass is 238 g/mol. The Bertz CT molecular complexity index is 478. The number of hydrogen-bond acceptors (Lipinski definition) is 5. The van der Waals surface area contributed by atoms with Crippen LogP contribution in [0.25, 0.3) is 0 Å². The molecule has 0 bridgehead atoms. The van der Waals surface area contributed by atoms with Crippen molar-refractivity contribution in [1.29, 1.82) is 0 Å². The van der Waals surface area contributed by atoms with Gasteiger partial charge in [0, 0.05) is 11.6 Å². The SMILES string of the molecule is CC(=O)[C@H]1c2cc(O)cc(O)c2OC[C@@]1(C)O. The highest BCUT2D eigenvalue weighted by Gasteiger charge is 2.43. The van der Waals surface area contributed by atoms with E-state index in [1.807, 2.05) is 0 Å². The quantitative estimate of drug-likeness (QED) is 0.677. The highest BCUT2D eigenvalue weighted by atomic mass is 16.5. The Morgan fingerprint density at radius 1 is 1.47 bits per heavy atom. The third-order valence-electron chi connectivity index (χ3n) is 2.93. The molecule has 1 aliphatic rings. The number of ketones is 1. The summed E-state index contributed by atoms with van der Waals surface area (Å²) in [6.07, 6.45) is 0. The van der Waals surface area contributed by atoms with Gasteiger partial charge in [0.15, 0.2) is 11.5 Å². The number of carbonyl (C=O) groups is 1. The summed E-state index contributed by atoms with van der Waals surface area (Å²) in [6, 6.07) is 2.46. The summed E-state index contributed by atoms with van der Waals surface area (Å²) in [5.74, 6) is -1.32. The minimum atomic E-state index is -1.35. The van der Waals surface area contributed by atoms with Crippen molar-refractivity contribution in [3.63, 3.8) is 0 Å². The summed E-state index contributed by atoms with van der Waals surface area (Å²) in [5.41, 5.74) is -1.04. The number of ether oxygens (including phenoxy) is 1. The smallest absolute Gasteiger partial charge is 0.165 e. The van der Waals surface area contributed by atoms with Gasteiger partial charge in [0.1, 0.15) is 23.7 Å². The maximum atomic E-state index is 11.6. The first-order valence-corrected chi connectivity index (χ1v) is 5.24. The van der Waals surface area contributed by atoms with E-state index in [0.29, 0.717) is 5.56 Å². The maximum absolute atomic E-state index is 11.6. The Hall–Kier alpha value is -1.75. The lowest BCUT2D eigenvalue weighted by Crippen LogP contribution is -2.45. The zero-order valence-electron chi connectivity index (χ0n) is 9.60. The van der Waals surface area contributed by atoms with Gasteiger partial charge in [-0.2, -0.15) is 0 Å². The zero-order valence-corrected chi connectivity index (χ0v) is 9.60. The maximum Gasteiger partial charge on any atom is 0.165 e. The van der Waals surface area contributed by atoms with Gasteiger partial charge < -0.3 is 20.1 Å². The topological polar surface area (TPSA) is 87.0 Å². The Balaban J connectivity index is 2.64. The van der Waals surface area contributed by atoms with E-state index in [9.17, 15) is 20.1 Å². The Labute approximate surface area is 98.3 Å². The van der Waals surface area contributed by atoms with Gasteiger partial charge in [-0.1, -0.05) is 0 Å². The van der Waals surface area contributed by atoms with E-state index in [1.54, 1.807) is 0 Å². The molecule has 0 aromatic heterocycles. The van der Waals surface area contributed by atoms with Crippen molar-refractivity contribution in [1.82, 2.24) is 0 Å². The molecule has 0 fully saturated rings. The summed E-state index contributed by atoms with van der Waals surface area (Å²) in [4.78, 5) is 11.6. The summed E-state index contributed by atoms with van der Waals surface area (Å²) in [5, 5.41) is 29.2. The number of benzene rings is 1. The summed E-state index contributed by atoms with van der Waals surface area (Å²) < 4.78 is 5.24. The first kappa shape index (κ1) is 11.7. The fraction of sp³-hybridized carbons (Fsp3) is 0.417. The van der Waals surface area contributed by atoms with Crippen LogP contribution in [0.1, 0.15) is 25.3 Å². The summed E-state index contributed by atoms with van der Waals surface area (Å²) >= 11 is 0. The third-order valence-corrected chi connectivity index (χ3v) is 2.93. The van der Waals surface area contributed by atoms with Gasteiger partial charge in [-0.05, 0) is 19.9 Å². The second kappa shape index (κ2) is 3.63. The van der Waals surface area contributed by atoms with E-state index in [-0.39, 0.29) is 29.6 Å². The number of carbonyl (C=O) groups excluding carboxylic acids is 1. The molecule has 2 atom stereocenters. The van der Waals surface area contributed by atoms with Crippen LogP contribution >= 0.6 is 0 Å². The molecule has 1 aliphatic heterocycles. The summed E-state index contributed by atoms with van der Waals surface area (Å²) in [6.45, 7) is 2.76. The fourth-order valence-corrected chi connectivity index (χ4v) is 2.29. The molecule has 17 heavy (non-hydrogen) atoms. The van der Waals surface area contributed by atoms with Gasteiger partial charge in [0.25, 0.3) is 0 Å². The van der Waals surface area contributed by atoms with Crippen LogP contribution < -0.4 is 4.74 Å². The second-order valence-corrected chi connectivity index (χ2v) is 4.57. The van der Waals surface area contributed by atoms with Crippen molar-refractivity contribution in [2.24, 2.45) is 0 Å². The average Bonchev–Trinajstić information content (AvgIpc) is 2.13. The molecule has 0 saturated carbocycles. The largest absolute Gasteiger partial charge is 0.508 e. The van der Waals surface area contributed by atoms with Gasteiger partial charge in [0.2, 0.25) is 0 Å². The van der Waals surface area contributed by atoms with Crippen LogP contribution in [0.15, 0.2) is 12.1 Å².